The molecule has 0 amide bonds. The smallest absolute Gasteiger partial charge is 0.249 e. The summed E-state index contributed by atoms with van der Waals surface area (Å²) in [4.78, 5) is 11.1. The van der Waals surface area contributed by atoms with Crippen molar-refractivity contribution in [2.45, 2.75) is 43.0 Å². The topological polar surface area (TPSA) is 97.3 Å². The Balaban J connectivity index is 1.83. The molecular formula is C17H26N6O2S. The van der Waals surface area contributed by atoms with Crippen molar-refractivity contribution >= 4 is 27.0 Å². The Kier molecular flexibility index (Phi) is 4.62. The maximum atomic E-state index is 13.4. The second-order valence-electron chi connectivity index (χ2n) is 7.31. The first-order valence-electron chi connectivity index (χ1n) is 9.29. The third-order valence-electron chi connectivity index (χ3n) is 5.61. The maximum Gasteiger partial charge on any atom is 0.249 e. The number of anilines is 1. The third kappa shape index (κ3) is 2.87. The van der Waals surface area contributed by atoms with Crippen LogP contribution < -0.4 is 5.73 Å². The van der Waals surface area contributed by atoms with E-state index < -0.39 is 10.0 Å². The molecule has 0 aromatic carbocycles. The number of sulfonamides is 1. The van der Waals surface area contributed by atoms with E-state index in [1.807, 2.05) is 11.6 Å². The molecule has 9 heteroatoms. The molecule has 2 aromatic rings. The molecule has 26 heavy (non-hydrogen) atoms. The standard InChI is InChI=1S/C17H26N6O2S/c1-21-9-11-22(12-10-21)26(24,25)15-14-17(20-8-7-19-14)23(16(15)18)13-5-3-2-4-6-13/h7-8,13H,2-6,9-12,18H2,1H3. The SMILES string of the molecule is CN1CCN(S(=O)(=O)c2c(N)n(C3CCCCC3)c3nccnc23)CC1. The van der Waals surface area contributed by atoms with Gasteiger partial charge in [-0.25, -0.2) is 18.4 Å². The average molecular weight is 379 g/mol. The highest BCUT2D eigenvalue weighted by atomic mass is 32.2. The molecule has 2 fully saturated rings. The lowest BCUT2D eigenvalue weighted by atomic mass is 9.95. The molecule has 0 unspecified atom stereocenters. The van der Waals surface area contributed by atoms with Crippen LogP contribution in [0.25, 0.3) is 11.2 Å². The third-order valence-corrected chi connectivity index (χ3v) is 7.58. The Morgan fingerprint density at radius 1 is 1.04 bits per heavy atom. The second-order valence-corrected chi connectivity index (χ2v) is 9.19. The van der Waals surface area contributed by atoms with Gasteiger partial charge in [0.1, 0.15) is 11.3 Å². The minimum Gasteiger partial charge on any atom is -0.384 e. The van der Waals surface area contributed by atoms with Crippen molar-refractivity contribution in [1.82, 2.24) is 23.7 Å². The lowest BCUT2D eigenvalue weighted by Crippen LogP contribution is -2.47. The van der Waals surface area contributed by atoms with Crippen LogP contribution in [0.15, 0.2) is 17.3 Å². The first kappa shape index (κ1) is 17.7. The molecule has 1 aliphatic heterocycles. The van der Waals surface area contributed by atoms with Crippen LogP contribution >= 0.6 is 0 Å². The zero-order valence-corrected chi connectivity index (χ0v) is 16.0. The van der Waals surface area contributed by atoms with E-state index in [9.17, 15) is 8.42 Å². The lowest BCUT2D eigenvalue weighted by Gasteiger charge is -2.31. The van der Waals surface area contributed by atoms with Crippen LogP contribution in [-0.2, 0) is 10.0 Å². The summed E-state index contributed by atoms with van der Waals surface area (Å²) < 4.78 is 30.2. The summed E-state index contributed by atoms with van der Waals surface area (Å²) in [7, 11) is -1.70. The molecule has 2 N–H and O–H groups in total. The highest BCUT2D eigenvalue weighted by Gasteiger charge is 2.35. The fourth-order valence-corrected chi connectivity index (χ4v) is 5.79. The first-order valence-corrected chi connectivity index (χ1v) is 10.7. The summed E-state index contributed by atoms with van der Waals surface area (Å²) in [6.07, 6.45) is 8.61. The van der Waals surface area contributed by atoms with Crippen molar-refractivity contribution in [3.8, 4) is 0 Å². The van der Waals surface area contributed by atoms with Gasteiger partial charge in [0, 0.05) is 44.6 Å². The summed E-state index contributed by atoms with van der Waals surface area (Å²) in [5.74, 6) is 0.289. The summed E-state index contributed by atoms with van der Waals surface area (Å²) in [6.45, 7) is 2.36. The highest BCUT2D eigenvalue weighted by Crippen LogP contribution is 2.39. The van der Waals surface area contributed by atoms with Crippen molar-refractivity contribution in [1.29, 1.82) is 0 Å². The van der Waals surface area contributed by atoms with Gasteiger partial charge >= 0.3 is 0 Å². The molecule has 0 radical (unpaired) electrons. The van der Waals surface area contributed by atoms with Gasteiger partial charge in [-0.1, -0.05) is 19.3 Å². The van der Waals surface area contributed by atoms with Gasteiger partial charge in [0.05, 0.1) is 0 Å². The highest BCUT2D eigenvalue weighted by molar-refractivity contribution is 7.89. The van der Waals surface area contributed by atoms with Crippen molar-refractivity contribution < 1.29 is 8.42 Å². The minimum atomic E-state index is -3.70. The van der Waals surface area contributed by atoms with E-state index in [1.165, 1.54) is 16.9 Å². The molecule has 0 spiro atoms. The van der Waals surface area contributed by atoms with E-state index in [0.717, 1.165) is 25.7 Å². The van der Waals surface area contributed by atoms with Gasteiger partial charge < -0.3 is 15.2 Å². The zero-order valence-electron chi connectivity index (χ0n) is 15.1. The van der Waals surface area contributed by atoms with E-state index in [1.54, 1.807) is 6.20 Å². The minimum absolute atomic E-state index is 0.135. The number of rotatable bonds is 3. The van der Waals surface area contributed by atoms with Gasteiger partial charge in [0.25, 0.3) is 0 Å². The molecule has 0 atom stereocenters. The number of nitrogen functional groups attached to an aromatic ring is 1. The number of piperazine rings is 1. The quantitative estimate of drug-likeness (QED) is 0.868. The van der Waals surface area contributed by atoms with Crippen LogP contribution in [0.5, 0.6) is 0 Å². The molecule has 1 aliphatic carbocycles. The Bertz CT molecular complexity index is 895. The summed E-state index contributed by atoms with van der Waals surface area (Å²) in [6, 6.07) is 0.194. The number of hydrogen-bond acceptors (Lipinski definition) is 6. The van der Waals surface area contributed by atoms with E-state index in [4.69, 9.17) is 5.73 Å². The molecule has 1 saturated carbocycles. The molecule has 0 bridgehead atoms. The monoisotopic (exact) mass is 378 g/mol. The van der Waals surface area contributed by atoms with Crippen LogP contribution in [0.2, 0.25) is 0 Å². The fraction of sp³-hybridized carbons (Fsp3) is 0.647. The number of aromatic nitrogens is 3. The van der Waals surface area contributed by atoms with Gasteiger partial charge in [-0.3, -0.25) is 0 Å². The maximum absolute atomic E-state index is 13.4. The lowest BCUT2D eigenvalue weighted by molar-refractivity contribution is 0.222. The van der Waals surface area contributed by atoms with E-state index in [0.29, 0.717) is 37.3 Å². The molecule has 4 rings (SSSR count). The molecule has 142 valence electrons. The molecule has 8 nitrogen and oxygen atoms in total. The van der Waals surface area contributed by atoms with Gasteiger partial charge in [0.2, 0.25) is 10.0 Å². The van der Waals surface area contributed by atoms with E-state index >= 15 is 0 Å². The summed E-state index contributed by atoms with van der Waals surface area (Å²) in [5, 5.41) is 0. The number of fused-ring (bicyclic) bond motifs is 1. The first-order chi connectivity index (χ1) is 12.5. The van der Waals surface area contributed by atoms with Crippen molar-refractivity contribution in [3.63, 3.8) is 0 Å². The Hall–Kier alpha value is -1.71. The van der Waals surface area contributed by atoms with Gasteiger partial charge in [-0.15, -0.1) is 0 Å². The van der Waals surface area contributed by atoms with Crippen LogP contribution in [0, 0.1) is 0 Å². The number of nitrogens with two attached hydrogens (primary N) is 1. The zero-order chi connectivity index (χ0) is 18.3. The average Bonchev–Trinajstić information content (AvgIpc) is 2.95. The Morgan fingerprint density at radius 3 is 2.38 bits per heavy atom. The summed E-state index contributed by atoms with van der Waals surface area (Å²) >= 11 is 0. The molecule has 2 aliphatic rings. The number of likely N-dealkylation sites (N-methyl/N-ethyl adjacent to an activating group) is 1. The van der Waals surface area contributed by atoms with Crippen LogP contribution in [0.3, 0.4) is 0 Å². The molecule has 1 saturated heterocycles. The molecule has 3 heterocycles. The van der Waals surface area contributed by atoms with Crippen LogP contribution in [-0.4, -0.2) is 65.4 Å². The van der Waals surface area contributed by atoms with Crippen molar-refractivity contribution in [2.75, 3.05) is 39.0 Å². The van der Waals surface area contributed by atoms with Crippen molar-refractivity contribution in [3.05, 3.63) is 12.4 Å². The predicted molar refractivity (Wildman–Crippen MR) is 100 cm³/mol. The summed E-state index contributed by atoms with van der Waals surface area (Å²) in [5.41, 5.74) is 7.42. The van der Waals surface area contributed by atoms with E-state index in [-0.39, 0.29) is 16.8 Å². The van der Waals surface area contributed by atoms with Crippen LogP contribution in [0.1, 0.15) is 38.1 Å². The second kappa shape index (κ2) is 6.79. The number of hydrogen-bond donors (Lipinski definition) is 1. The Morgan fingerprint density at radius 2 is 1.69 bits per heavy atom. The molecule has 2 aromatic heterocycles. The van der Waals surface area contributed by atoms with Gasteiger partial charge in [-0.05, 0) is 19.9 Å². The fourth-order valence-electron chi connectivity index (χ4n) is 4.13. The van der Waals surface area contributed by atoms with Crippen LogP contribution in [0.4, 0.5) is 5.82 Å². The van der Waals surface area contributed by atoms with E-state index in [2.05, 4.69) is 14.9 Å². The normalized spacial score (nSPS) is 21.4. The van der Waals surface area contributed by atoms with Crippen molar-refractivity contribution in [2.24, 2.45) is 0 Å². The predicted octanol–water partition coefficient (Wildman–Crippen LogP) is 1.45. The molecular weight excluding hydrogens is 352 g/mol. The largest absolute Gasteiger partial charge is 0.384 e. The van der Waals surface area contributed by atoms with Gasteiger partial charge in [0.15, 0.2) is 10.5 Å². The number of nitrogens with zero attached hydrogens (tertiary/aromatic N) is 5. The Labute approximate surface area is 154 Å². The van der Waals surface area contributed by atoms with Gasteiger partial charge in [-0.2, -0.15) is 4.31 Å².